The topological polar surface area (TPSA) is 83.2 Å². The Morgan fingerprint density at radius 2 is 2.07 bits per heavy atom. The SMILES string of the molecule is N#C/C(=C\c1ccccc1OCC(=O)O)c1nc(-c2cc(F)ccc2F)cs1. The number of nitriles is 1. The second-order valence-electron chi connectivity index (χ2n) is 5.55. The number of carbonyl (C=O) groups is 1. The molecular formula is C20H12F2N2O3S. The molecule has 1 heterocycles. The minimum absolute atomic E-state index is 0.00461. The van der Waals surface area contributed by atoms with E-state index in [9.17, 15) is 18.8 Å². The van der Waals surface area contributed by atoms with Crippen LogP contribution in [0.5, 0.6) is 5.75 Å². The van der Waals surface area contributed by atoms with Gasteiger partial charge in [-0.25, -0.2) is 18.6 Å². The van der Waals surface area contributed by atoms with Crippen LogP contribution in [-0.4, -0.2) is 22.7 Å². The average Bonchev–Trinajstić information content (AvgIpc) is 3.16. The van der Waals surface area contributed by atoms with E-state index in [-0.39, 0.29) is 16.8 Å². The predicted octanol–water partition coefficient (Wildman–Crippen LogP) is 4.62. The molecule has 0 aliphatic carbocycles. The summed E-state index contributed by atoms with van der Waals surface area (Å²) in [5.41, 5.74) is 0.895. The van der Waals surface area contributed by atoms with Crippen LogP contribution in [0, 0.1) is 23.0 Å². The van der Waals surface area contributed by atoms with E-state index in [0.29, 0.717) is 16.3 Å². The Kier molecular flexibility index (Phi) is 5.77. The van der Waals surface area contributed by atoms with E-state index in [0.717, 1.165) is 29.5 Å². The van der Waals surface area contributed by atoms with Crippen molar-refractivity contribution >= 4 is 29.0 Å². The van der Waals surface area contributed by atoms with Gasteiger partial charge in [-0.2, -0.15) is 5.26 Å². The van der Waals surface area contributed by atoms with Crippen molar-refractivity contribution in [2.75, 3.05) is 6.61 Å². The first kappa shape index (κ1) is 19.2. The van der Waals surface area contributed by atoms with Crippen LogP contribution < -0.4 is 4.74 Å². The van der Waals surface area contributed by atoms with Crippen LogP contribution in [0.2, 0.25) is 0 Å². The van der Waals surface area contributed by atoms with Crippen LogP contribution in [0.4, 0.5) is 8.78 Å². The molecule has 5 nitrogen and oxygen atoms in total. The predicted molar refractivity (Wildman–Crippen MR) is 101 cm³/mol. The second kappa shape index (κ2) is 8.41. The van der Waals surface area contributed by atoms with Gasteiger partial charge in [-0.1, -0.05) is 18.2 Å². The molecule has 0 atom stereocenters. The minimum Gasteiger partial charge on any atom is -0.481 e. The fourth-order valence-electron chi connectivity index (χ4n) is 2.38. The third-order valence-electron chi connectivity index (χ3n) is 3.63. The molecule has 8 heteroatoms. The van der Waals surface area contributed by atoms with Crippen molar-refractivity contribution in [2.24, 2.45) is 0 Å². The Morgan fingerprint density at radius 1 is 1.29 bits per heavy atom. The van der Waals surface area contributed by atoms with Crippen molar-refractivity contribution in [1.29, 1.82) is 5.26 Å². The quantitative estimate of drug-likeness (QED) is 0.613. The number of aliphatic carboxylic acids is 1. The van der Waals surface area contributed by atoms with Gasteiger partial charge in [0.15, 0.2) is 6.61 Å². The van der Waals surface area contributed by atoms with Crippen molar-refractivity contribution in [3.05, 3.63) is 70.1 Å². The molecule has 0 saturated heterocycles. The van der Waals surface area contributed by atoms with E-state index in [1.54, 1.807) is 24.3 Å². The van der Waals surface area contributed by atoms with Crippen LogP contribution in [0.25, 0.3) is 22.9 Å². The Morgan fingerprint density at radius 3 is 2.82 bits per heavy atom. The van der Waals surface area contributed by atoms with Crippen molar-refractivity contribution in [1.82, 2.24) is 4.98 Å². The zero-order valence-corrected chi connectivity index (χ0v) is 15.0. The molecule has 3 rings (SSSR count). The molecule has 28 heavy (non-hydrogen) atoms. The third kappa shape index (κ3) is 4.39. The molecule has 0 saturated carbocycles. The van der Waals surface area contributed by atoms with Crippen molar-refractivity contribution in [2.45, 2.75) is 0 Å². The second-order valence-corrected chi connectivity index (χ2v) is 6.41. The number of hydrogen-bond acceptors (Lipinski definition) is 5. The van der Waals surface area contributed by atoms with Gasteiger partial charge in [-0.3, -0.25) is 0 Å². The highest BCUT2D eigenvalue weighted by Crippen LogP contribution is 2.30. The summed E-state index contributed by atoms with van der Waals surface area (Å²) in [7, 11) is 0. The molecule has 0 amide bonds. The van der Waals surface area contributed by atoms with E-state index in [2.05, 4.69) is 4.98 Å². The van der Waals surface area contributed by atoms with Crippen LogP contribution in [-0.2, 0) is 4.79 Å². The first-order valence-electron chi connectivity index (χ1n) is 7.94. The maximum atomic E-state index is 14.0. The van der Waals surface area contributed by atoms with Gasteiger partial charge in [0.25, 0.3) is 0 Å². The summed E-state index contributed by atoms with van der Waals surface area (Å²) in [4.78, 5) is 15.0. The first-order chi connectivity index (χ1) is 13.5. The Labute approximate surface area is 162 Å². The highest BCUT2D eigenvalue weighted by Gasteiger charge is 2.14. The zero-order valence-electron chi connectivity index (χ0n) is 14.2. The van der Waals surface area contributed by atoms with E-state index in [4.69, 9.17) is 9.84 Å². The number of rotatable bonds is 6. The summed E-state index contributed by atoms with van der Waals surface area (Å²) in [5.74, 6) is -2.04. The largest absolute Gasteiger partial charge is 0.481 e. The Hall–Kier alpha value is -3.57. The van der Waals surface area contributed by atoms with Gasteiger partial charge in [0.2, 0.25) is 0 Å². The van der Waals surface area contributed by atoms with E-state index < -0.39 is 24.2 Å². The lowest BCUT2D eigenvalue weighted by Crippen LogP contribution is -2.09. The maximum Gasteiger partial charge on any atom is 0.341 e. The summed E-state index contributed by atoms with van der Waals surface area (Å²) in [5, 5.41) is 20.1. The summed E-state index contributed by atoms with van der Waals surface area (Å²) in [6.07, 6.45) is 1.50. The van der Waals surface area contributed by atoms with E-state index in [1.165, 1.54) is 11.5 Å². The number of allylic oxidation sites excluding steroid dienone is 1. The van der Waals surface area contributed by atoms with Crippen LogP contribution >= 0.6 is 11.3 Å². The number of aromatic nitrogens is 1. The zero-order chi connectivity index (χ0) is 20.1. The van der Waals surface area contributed by atoms with E-state index in [1.807, 2.05) is 6.07 Å². The lowest BCUT2D eigenvalue weighted by Gasteiger charge is -2.07. The minimum atomic E-state index is -1.12. The van der Waals surface area contributed by atoms with Crippen LogP contribution in [0.3, 0.4) is 0 Å². The molecule has 0 radical (unpaired) electrons. The standard InChI is InChI=1S/C20H12F2N2O3S/c21-14-5-6-16(22)15(8-14)17-11-28-20(24-17)13(9-23)7-12-3-1-2-4-18(12)27-10-19(25)26/h1-8,11H,10H2,(H,25,26)/b13-7+. The molecule has 0 bridgehead atoms. The number of ether oxygens (including phenoxy) is 1. The fraction of sp³-hybridized carbons (Fsp3) is 0.0500. The van der Waals surface area contributed by atoms with Gasteiger partial charge in [0, 0.05) is 16.5 Å². The number of para-hydroxylation sites is 1. The van der Waals surface area contributed by atoms with Gasteiger partial charge in [-0.05, 0) is 30.3 Å². The molecule has 1 aromatic heterocycles. The highest BCUT2D eigenvalue weighted by molar-refractivity contribution is 7.11. The van der Waals surface area contributed by atoms with Gasteiger partial charge in [-0.15, -0.1) is 11.3 Å². The smallest absolute Gasteiger partial charge is 0.341 e. The fourth-order valence-corrected chi connectivity index (χ4v) is 3.17. The highest BCUT2D eigenvalue weighted by atomic mass is 32.1. The van der Waals surface area contributed by atoms with Gasteiger partial charge in [0.1, 0.15) is 28.5 Å². The monoisotopic (exact) mass is 398 g/mol. The average molecular weight is 398 g/mol. The van der Waals surface area contributed by atoms with Crippen molar-refractivity contribution < 1.29 is 23.4 Å². The molecule has 0 aliphatic rings. The van der Waals surface area contributed by atoms with Crippen molar-refractivity contribution in [3.8, 4) is 23.1 Å². The molecular weight excluding hydrogens is 386 g/mol. The van der Waals surface area contributed by atoms with Crippen LogP contribution in [0.1, 0.15) is 10.6 Å². The molecule has 0 spiro atoms. The Bertz CT molecular complexity index is 1100. The molecule has 1 N–H and O–H groups in total. The Balaban J connectivity index is 1.95. The number of halogens is 2. The molecule has 3 aromatic rings. The first-order valence-corrected chi connectivity index (χ1v) is 8.82. The van der Waals surface area contributed by atoms with Crippen molar-refractivity contribution in [3.63, 3.8) is 0 Å². The molecule has 0 unspecified atom stereocenters. The number of benzene rings is 2. The molecule has 140 valence electrons. The molecule has 0 fully saturated rings. The summed E-state index contributed by atoms with van der Waals surface area (Å²) >= 11 is 1.11. The number of carboxylic acid groups (broad SMARTS) is 1. The molecule has 2 aromatic carbocycles. The summed E-state index contributed by atoms with van der Waals surface area (Å²) in [6.45, 7) is -0.521. The number of hydrogen-bond donors (Lipinski definition) is 1. The van der Waals surface area contributed by atoms with Gasteiger partial charge in [0.05, 0.1) is 11.3 Å². The normalized spacial score (nSPS) is 11.1. The van der Waals surface area contributed by atoms with Gasteiger partial charge < -0.3 is 9.84 Å². The van der Waals surface area contributed by atoms with E-state index >= 15 is 0 Å². The lowest BCUT2D eigenvalue weighted by molar-refractivity contribution is -0.139. The number of thiazole rings is 1. The maximum absolute atomic E-state index is 14.0. The van der Waals surface area contributed by atoms with Crippen LogP contribution in [0.15, 0.2) is 47.8 Å². The number of nitrogens with zero attached hydrogens (tertiary/aromatic N) is 2. The number of carboxylic acids is 1. The lowest BCUT2D eigenvalue weighted by atomic mass is 10.1. The molecule has 0 aliphatic heterocycles. The third-order valence-corrected chi connectivity index (χ3v) is 4.50. The summed E-state index contributed by atoms with van der Waals surface area (Å²) in [6, 6.07) is 11.7. The van der Waals surface area contributed by atoms with Gasteiger partial charge >= 0.3 is 5.97 Å². The summed E-state index contributed by atoms with van der Waals surface area (Å²) < 4.78 is 32.6.